The van der Waals surface area contributed by atoms with Crippen molar-refractivity contribution in [1.29, 1.82) is 0 Å². The number of halogens is 2. The number of anilines is 1. The average Bonchev–Trinajstić information content (AvgIpc) is 2.66. The number of carbonyl (C=O) groups is 2. The van der Waals surface area contributed by atoms with Crippen molar-refractivity contribution >= 4 is 33.3 Å². The van der Waals surface area contributed by atoms with E-state index < -0.39 is 17.5 Å². The predicted octanol–water partition coefficient (Wildman–Crippen LogP) is 3.32. The molecule has 1 amide bonds. The van der Waals surface area contributed by atoms with E-state index in [1.807, 2.05) is 24.3 Å². The van der Waals surface area contributed by atoms with Crippen LogP contribution in [0.1, 0.15) is 15.9 Å². The number of amides is 1. The molecular formula is C15H9BrFNO2. The number of ketones is 1. The molecule has 2 aromatic carbocycles. The molecule has 0 bridgehead atoms. The van der Waals surface area contributed by atoms with E-state index in [1.165, 1.54) is 17.0 Å². The Kier molecular flexibility index (Phi) is 3.14. The lowest BCUT2D eigenvalue weighted by Gasteiger charge is -2.16. The van der Waals surface area contributed by atoms with Crippen LogP contribution in [0.4, 0.5) is 10.1 Å². The molecule has 0 saturated carbocycles. The van der Waals surface area contributed by atoms with E-state index in [1.54, 1.807) is 0 Å². The van der Waals surface area contributed by atoms with Crippen molar-refractivity contribution in [1.82, 2.24) is 0 Å². The van der Waals surface area contributed by atoms with E-state index in [-0.39, 0.29) is 12.1 Å². The summed E-state index contributed by atoms with van der Waals surface area (Å²) in [6.45, 7) is 0.288. The summed E-state index contributed by atoms with van der Waals surface area (Å²) >= 11 is 3.34. The number of Topliss-reactive ketones (excluding diaryl/α,β-unsaturated/α-hetero) is 1. The molecule has 100 valence electrons. The third-order valence-electron chi connectivity index (χ3n) is 3.19. The molecule has 1 aliphatic rings. The zero-order chi connectivity index (χ0) is 14.3. The van der Waals surface area contributed by atoms with Crippen molar-refractivity contribution in [3.63, 3.8) is 0 Å². The fourth-order valence-electron chi connectivity index (χ4n) is 2.20. The van der Waals surface area contributed by atoms with Gasteiger partial charge in [0.1, 0.15) is 5.82 Å². The topological polar surface area (TPSA) is 37.4 Å². The SMILES string of the molecule is O=C1C(=O)N(Cc2ccc(Br)cc2)c2ccc(F)cc21. The lowest BCUT2D eigenvalue weighted by molar-refractivity contribution is -0.114. The second-order valence-corrected chi connectivity index (χ2v) is 5.42. The highest BCUT2D eigenvalue weighted by Gasteiger charge is 2.35. The largest absolute Gasteiger partial charge is 0.300 e. The molecule has 0 N–H and O–H groups in total. The van der Waals surface area contributed by atoms with E-state index in [0.29, 0.717) is 5.69 Å². The van der Waals surface area contributed by atoms with Gasteiger partial charge in [-0.2, -0.15) is 0 Å². The third kappa shape index (κ3) is 2.14. The number of rotatable bonds is 2. The van der Waals surface area contributed by atoms with Gasteiger partial charge in [-0.15, -0.1) is 0 Å². The highest BCUT2D eigenvalue weighted by Crippen LogP contribution is 2.30. The Morgan fingerprint density at radius 1 is 1.05 bits per heavy atom. The van der Waals surface area contributed by atoms with Gasteiger partial charge >= 0.3 is 0 Å². The maximum absolute atomic E-state index is 13.2. The predicted molar refractivity (Wildman–Crippen MR) is 76.1 cm³/mol. The summed E-state index contributed by atoms with van der Waals surface area (Å²) in [5.41, 5.74) is 1.49. The lowest BCUT2D eigenvalue weighted by Crippen LogP contribution is -2.29. The highest BCUT2D eigenvalue weighted by atomic mass is 79.9. The summed E-state index contributed by atoms with van der Waals surface area (Å²) in [7, 11) is 0. The maximum atomic E-state index is 13.2. The van der Waals surface area contributed by atoms with Crippen molar-refractivity contribution in [2.45, 2.75) is 6.54 Å². The van der Waals surface area contributed by atoms with Crippen molar-refractivity contribution in [3.05, 3.63) is 63.9 Å². The van der Waals surface area contributed by atoms with Crippen molar-refractivity contribution in [2.24, 2.45) is 0 Å². The fourth-order valence-corrected chi connectivity index (χ4v) is 2.47. The molecule has 1 aliphatic heterocycles. The van der Waals surface area contributed by atoms with E-state index in [9.17, 15) is 14.0 Å². The van der Waals surface area contributed by atoms with Crippen molar-refractivity contribution < 1.29 is 14.0 Å². The number of hydrogen-bond donors (Lipinski definition) is 0. The number of fused-ring (bicyclic) bond motifs is 1. The molecule has 0 spiro atoms. The second kappa shape index (κ2) is 4.83. The van der Waals surface area contributed by atoms with Gasteiger partial charge in [0, 0.05) is 4.47 Å². The van der Waals surface area contributed by atoms with Crippen LogP contribution in [0, 0.1) is 5.82 Å². The first kappa shape index (κ1) is 13.0. The molecular weight excluding hydrogens is 325 g/mol. The van der Waals surface area contributed by atoms with Crippen LogP contribution in [0.15, 0.2) is 46.9 Å². The van der Waals surface area contributed by atoms with E-state index in [0.717, 1.165) is 16.1 Å². The second-order valence-electron chi connectivity index (χ2n) is 4.51. The summed E-state index contributed by atoms with van der Waals surface area (Å²) in [5, 5.41) is 0. The maximum Gasteiger partial charge on any atom is 0.299 e. The molecule has 0 aromatic heterocycles. The summed E-state index contributed by atoms with van der Waals surface area (Å²) in [6.07, 6.45) is 0. The fraction of sp³-hybridized carbons (Fsp3) is 0.0667. The summed E-state index contributed by atoms with van der Waals surface area (Å²) in [4.78, 5) is 25.2. The number of nitrogens with zero attached hydrogens (tertiary/aromatic N) is 1. The van der Waals surface area contributed by atoms with Crippen LogP contribution in [-0.2, 0) is 11.3 Å². The molecule has 0 unspecified atom stereocenters. The molecule has 0 radical (unpaired) electrons. The normalized spacial score (nSPS) is 13.8. The third-order valence-corrected chi connectivity index (χ3v) is 3.72. The minimum absolute atomic E-state index is 0.132. The monoisotopic (exact) mass is 333 g/mol. The Labute approximate surface area is 123 Å². The summed E-state index contributed by atoms with van der Waals surface area (Å²) < 4.78 is 14.1. The van der Waals surface area contributed by atoms with Crippen LogP contribution >= 0.6 is 15.9 Å². The molecule has 2 aromatic rings. The smallest absolute Gasteiger partial charge is 0.299 e. The van der Waals surface area contributed by atoms with Gasteiger partial charge in [-0.1, -0.05) is 28.1 Å². The molecule has 3 rings (SSSR count). The Bertz CT molecular complexity index is 712. The van der Waals surface area contributed by atoms with Gasteiger partial charge in [0.05, 0.1) is 17.8 Å². The minimum atomic E-state index is -0.656. The molecule has 0 atom stereocenters. The van der Waals surface area contributed by atoms with Crippen molar-refractivity contribution in [3.8, 4) is 0 Å². The zero-order valence-corrected chi connectivity index (χ0v) is 11.9. The average molecular weight is 334 g/mol. The lowest BCUT2D eigenvalue weighted by atomic mass is 10.1. The zero-order valence-electron chi connectivity index (χ0n) is 10.3. The van der Waals surface area contributed by atoms with Gasteiger partial charge in [0.2, 0.25) is 0 Å². The van der Waals surface area contributed by atoms with Crippen LogP contribution < -0.4 is 4.90 Å². The van der Waals surface area contributed by atoms with Gasteiger partial charge in [-0.05, 0) is 35.9 Å². The van der Waals surface area contributed by atoms with Crippen LogP contribution in [0.5, 0.6) is 0 Å². The molecule has 5 heteroatoms. The van der Waals surface area contributed by atoms with Gasteiger partial charge in [-0.25, -0.2) is 4.39 Å². The molecule has 20 heavy (non-hydrogen) atoms. The van der Waals surface area contributed by atoms with Crippen molar-refractivity contribution in [2.75, 3.05) is 4.90 Å². The highest BCUT2D eigenvalue weighted by molar-refractivity contribution is 9.10. The Morgan fingerprint density at radius 3 is 2.45 bits per heavy atom. The van der Waals surface area contributed by atoms with E-state index in [4.69, 9.17) is 0 Å². The Morgan fingerprint density at radius 2 is 1.75 bits per heavy atom. The molecule has 0 saturated heterocycles. The van der Waals surface area contributed by atoms with Gasteiger partial charge in [-0.3, -0.25) is 9.59 Å². The first-order valence-electron chi connectivity index (χ1n) is 5.96. The van der Waals surface area contributed by atoms with Crippen LogP contribution in [0.3, 0.4) is 0 Å². The first-order chi connectivity index (χ1) is 9.56. The molecule has 3 nitrogen and oxygen atoms in total. The Balaban J connectivity index is 1.97. The number of carbonyl (C=O) groups excluding carboxylic acids is 2. The minimum Gasteiger partial charge on any atom is -0.300 e. The number of benzene rings is 2. The van der Waals surface area contributed by atoms with E-state index >= 15 is 0 Å². The van der Waals surface area contributed by atoms with Gasteiger partial charge in [0.15, 0.2) is 0 Å². The summed E-state index contributed by atoms with van der Waals surface area (Å²) in [6, 6.07) is 11.3. The van der Waals surface area contributed by atoms with Gasteiger partial charge in [0.25, 0.3) is 11.7 Å². The van der Waals surface area contributed by atoms with Crippen LogP contribution in [0.25, 0.3) is 0 Å². The first-order valence-corrected chi connectivity index (χ1v) is 6.76. The van der Waals surface area contributed by atoms with Crippen LogP contribution in [-0.4, -0.2) is 11.7 Å². The Hall–Kier alpha value is -2.01. The molecule has 0 aliphatic carbocycles. The van der Waals surface area contributed by atoms with Crippen LogP contribution in [0.2, 0.25) is 0 Å². The van der Waals surface area contributed by atoms with Gasteiger partial charge < -0.3 is 4.90 Å². The quantitative estimate of drug-likeness (QED) is 0.790. The van der Waals surface area contributed by atoms with E-state index in [2.05, 4.69) is 15.9 Å². The standard InChI is InChI=1S/C15H9BrFNO2/c16-10-3-1-9(2-4-10)8-18-13-6-5-11(17)7-12(13)14(19)15(18)20/h1-7H,8H2. The summed E-state index contributed by atoms with van der Waals surface area (Å²) in [5.74, 6) is -1.79. The molecule has 0 fully saturated rings. The number of hydrogen-bond acceptors (Lipinski definition) is 2. The molecule has 1 heterocycles.